The fourth-order valence-electron chi connectivity index (χ4n) is 2.33. The van der Waals surface area contributed by atoms with Crippen LogP contribution in [0, 0.1) is 0 Å². The summed E-state index contributed by atoms with van der Waals surface area (Å²) in [6.45, 7) is 0.586. The number of methoxy groups -OCH3 is 1. The van der Waals surface area contributed by atoms with Crippen LogP contribution < -0.4 is 10.6 Å². The van der Waals surface area contributed by atoms with Crippen molar-refractivity contribution in [1.82, 2.24) is 5.32 Å². The number of ether oxygens (including phenoxy) is 1. The Hall–Kier alpha value is -1.86. The molecule has 0 amide bonds. The van der Waals surface area contributed by atoms with Crippen LogP contribution >= 0.6 is 46.8 Å². The summed E-state index contributed by atoms with van der Waals surface area (Å²) in [6.07, 6.45) is 0. The number of halogens is 2. The summed E-state index contributed by atoms with van der Waals surface area (Å²) in [7, 11) is 1.33. The van der Waals surface area contributed by atoms with Crippen LogP contribution in [-0.4, -0.2) is 18.2 Å². The van der Waals surface area contributed by atoms with Gasteiger partial charge in [0.05, 0.1) is 12.1 Å². The van der Waals surface area contributed by atoms with Gasteiger partial charge in [-0.25, -0.2) is 4.79 Å². The van der Waals surface area contributed by atoms with Gasteiger partial charge in [-0.3, -0.25) is 0 Å². The average molecular weight is 425 g/mol. The molecule has 3 rings (SSSR count). The number of benzene rings is 2. The molecule has 2 N–H and O–H groups in total. The predicted molar refractivity (Wildman–Crippen MR) is 113 cm³/mol. The monoisotopic (exact) mass is 424 g/mol. The Bertz CT molecular complexity index is 971. The number of thiocarbonyl (C=S) groups is 1. The molecule has 0 bridgehead atoms. The SMILES string of the molecule is COC(=O)c1sc2cc(NC(=S)NCc3ccc(Cl)cc3)ccc2c1Cl. The Labute approximate surface area is 170 Å². The molecule has 0 unspecified atom stereocenters. The van der Waals surface area contributed by atoms with Crippen molar-refractivity contribution in [2.45, 2.75) is 6.54 Å². The number of carbonyl (C=O) groups is 1. The lowest BCUT2D eigenvalue weighted by Gasteiger charge is -2.11. The first-order valence-corrected chi connectivity index (χ1v) is 9.55. The number of esters is 1. The van der Waals surface area contributed by atoms with Gasteiger partial charge in [0.2, 0.25) is 0 Å². The van der Waals surface area contributed by atoms with Gasteiger partial charge < -0.3 is 15.4 Å². The van der Waals surface area contributed by atoms with Gasteiger partial charge in [0.1, 0.15) is 4.88 Å². The second kappa shape index (κ2) is 8.22. The Kier molecular flexibility index (Phi) is 5.98. The highest BCUT2D eigenvalue weighted by molar-refractivity contribution is 7.80. The molecule has 0 spiro atoms. The van der Waals surface area contributed by atoms with Gasteiger partial charge >= 0.3 is 5.97 Å². The average Bonchev–Trinajstić information content (AvgIpc) is 2.97. The van der Waals surface area contributed by atoms with Crippen LogP contribution in [0.2, 0.25) is 10.0 Å². The molecule has 0 saturated carbocycles. The number of hydrogen-bond acceptors (Lipinski definition) is 4. The molecule has 1 heterocycles. The molecule has 8 heteroatoms. The van der Waals surface area contributed by atoms with Gasteiger partial charge in [0, 0.05) is 27.3 Å². The molecule has 134 valence electrons. The number of rotatable bonds is 4. The molecule has 0 fully saturated rings. The van der Waals surface area contributed by atoms with Crippen LogP contribution in [0.4, 0.5) is 5.69 Å². The van der Waals surface area contributed by atoms with Gasteiger partial charge in [-0.15, -0.1) is 11.3 Å². The Morgan fingerprint density at radius 2 is 1.92 bits per heavy atom. The molecule has 0 aliphatic carbocycles. The van der Waals surface area contributed by atoms with Crippen LogP contribution in [0.5, 0.6) is 0 Å². The standard InChI is InChI=1S/C18H14Cl2N2O2S2/c1-24-17(23)16-15(20)13-7-6-12(8-14(13)26-16)22-18(25)21-9-10-2-4-11(19)5-3-10/h2-8H,9H2,1H3,(H2,21,22,25). The summed E-state index contributed by atoms with van der Waals surface area (Å²) < 4.78 is 5.63. The topological polar surface area (TPSA) is 50.4 Å². The van der Waals surface area contributed by atoms with Crippen molar-refractivity contribution < 1.29 is 9.53 Å². The van der Waals surface area contributed by atoms with Crippen LogP contribution in [0.1, 0.15) is 15.2 Å². The quantitative estimate of drug-likeness (QED) is 0.428. The van der Waals surface area contributed by atoms with E-state index in [9.17, 15) is 4.79 Å². The summed E-state index contributed by atoms with van der Waals surface area (Å²) in [5, 5.41) is 8.68. The lowest BCUT2D eigenvalue weighted by molar-refractivity contribution is 0.0606. The van der Waals surface area contributed by atoms with Crippen molar-refractivity contribution in [3.8, 4) is 0 Å². The molecule has 4 nitrogen and oxygen atoms in total. The molecule has 26 heavy (non-hydrogen) atoms. The molecule has 0 atom stereocenters. The minimum Gasteiger partial charge on any atom is -0.465 e. The third-order valence-electron chi connectivity index (χ3n) is 3.62. The minimum atomic E-state index is -0.439. The smallest absolute Gasteiger partial charge is 0.349 e. The molecule has 0 radical (unpaired) electrons. The fourth-order valence-corrected chi connectivity index (χ4v) is 4.11. The number of anilines is 1. The highest BCUT2D eigenvalue weighted by atomic mass is 35.5. The summed E-state index contributed by atoms with van der Waals surface area (Å²) in [5.41, 5.74) is 1.88. The first kappa shape index (κ1) is 18.9. The Morgan fingerprint density at radius 3 is 2.62 bits per heavy atom. The van der Waals surface area contributed by atoms with Crippen molar-refractivity contribution in [3.05, 3.63) is 63.0 Å². The number of carbonyl (C=O) groups excluding carboxylic acids is 1. The van der Waals surface area contributed by atoms with E-state index in [0.29, 0.717) is 26.6 Å². The van der Waals surface area contributed by atoms with Gasteiger partial charge in [0.15, 0.2) is 5.11 Å². The van der Waals surface area contributed by atoms with E-state index < -0.39 is 5.97 Å². The molecule has 0 aliphatic rings. The molecule has 3 aromatic rings. The van der Waals surface area contributed by atoms with Crippen LogP contribution in [0.3, 0.4) is 0 Å². The normalized spacial score (nSPS) is 10.6. The van der Waals surface area contributed by atoms with E-state index in [2.05, 4.69) is 10.6 Å². The second-order valence-corrected chi connectivity index (χ2v) is 7.66. The molecular formula is C18H14Cl2N2O2S2. The van der Waals surface area contributed by atoms with Crippen molar-refractivity contribution in [2.75, 3.05) is 12.4 Å². The second-order valence-electron chi connectivity index (χ2n) is 5.38. The zero-order chi connectivity index (χ0) is 18.7. The maximum Gasteiger partial charge on any atom is 0.349 e. The highest BCUT2D eigenvalue weighted by Crippen LogP contribution is 2.37. The largest absolute Gasteiger partial charge is 0.465 e. The highest BCUT2D eigenvalue weighted by Gasteiger charge is 2.17. The molecular weight excluding hydrogens is 411 g/mol. The van der Waals surface area contributed by atoms with E-state index in [1.807, 2.05) is 42.5 Å². The van der Waals surface area contributed by atoms with E-state index in [0.717, 1.165) is 21.3 Å². The summed E-state index contributed by atoms with van der Waals surface area (Å²) in [6, 6.07) is 13.2. The number of thiophene rings is 1. The maximum absolute atomic E-state index is 11.8. The van der Waals surface area contributed by atoms with Gasteiger partial charge in [-0.1, -0.05) is 35.3 Å². The first-order chi connectivity index (χ1) is 12.5. The number of fused-ring (bicyclic) bond motifs is 1. The van der Waals surface area contributed by atoms with E-state index in [1.165, 1.54) is 18.4 Å². The van der Waals surface area contributed by atoms with E-state index >= 15 is 0 Å². The zero-order valence-electron chi connectivity index (χ0n) is 13.6. The maximum atomic E-state index is 11.8. The van der Waals surface area contributed by atoms with E-state index in [4.69, 9.17) is 40.2 Å². The van der Waals surface area contributed by atoms with E-state index in [1.54, 1.807) is 0 Å². The summed E-state index contributed by atoms with van der Waals surface area (Å²) in [5.74, 6) is -0.439. The third kappa shape index (κ3) is 4.27. The lowest BCUT2D eigenvalue weighted by atomic mass is 10.2. The summed E-state index contributed by atoms with van der Waals surface area (Å²) in [4.78, 5) is 12.1. The molecule has 0 aliphatic heterocycles. The molecule has 0 saturated heterocycles. The zero-order valence-corrected chi connectivity index (χ0v) is 16.8. The first-order valence-electron chi connectivity index (χ1n) is 7.57. The van der Waals surface area contributed by atoms with Crippen LogP contribution in [-0.2, 0) is 11.3 Å². The fraction of sp³-hybridized carbons (Fsp3) is 0.111. The van der Waals surface area contributed by atoms with Gasteiger partial charge in [-0.2, -0.15) is 0 Å². The number of hydrogen-bond donors (Lipinski definition) is 2. The Morgan fingerprint density at radius 1 is 1.19 bits per heavy atom. The summed E-state index contributed by atoms with van der Waals surface area (Å²) >= 11 is 18.8. The van der Waals surface area contributed by atoms with Crippen molar-refractivity contribution >= 4 is 73.6 Å². The van der Waals surface area contributed by atoms with Crippen LogP contribution in [0.25, 0.3) is 10.1 Å². The number of nitrogens with one attached hydrogen (secondary N) is 2. The lowest BCUT2D eigenvalue weighted by Crippen LogP contribution is -2.27. The van der Waals surface area contributed by atoms with Crippen molar-refractivity contribution in [1.29, 1.82) is 0 Å². The minimum absolute atomic E-state index is 0.393. The van der Waals surface area contributed by atoms with Crippen molar-refractivity contribution in [2.24, 2.45) is 0 Å². The van der Waals surface area contributed by atoms with Crippen molar-refractivity contribution in [3.63, 3.8) is 0 Å². The van der Waals surface area contributed by atoms with E-state index in [-0.39, 0.29) is 0 Å². The predicted octanol–water partition coefficient (Wildman–Crippen LogP) is 5.48. The molecule has 1 aromatic heterocycles. The van der Waals surface area contributed by atoms with Gasteiger partial charge in [-0.05, 0) is 48.1 Å². The van der Waals surface area contributed by atoms with Gasteiger partial charge in [0.25, 0.3) is 0 Å². The Balaban J connectivity index is 1.69. The van der Waals surface area contributed by atoms with Crippen LogP contribution in [0.15, 0.2) is 42.5 Å². The third-order valence-corrected chi connectivity index (χ3v) is 5.76. The molecule has 2 aromatic carbocycles.